The SMILES string of the molecule is CCCCCCOC1CC(NCC)C1OC. The Labute approximate surface area is 99.9 Å². The Morgan fingerprint density at radius 3 is 2.62 bits per heavy atom. The van der Waals surface area contributed by atoms with Gasteiger partial charge in [-0.05, 0) is 19.4 Å². The van der Waals surface area contributed by atoms with Crippen LogP contribution >= 0.6 is 0 Å². The number of ether oxygens (including phenoxy) is 2. The summed E-state index contributed by atoms with van der Waals surface area (Å²) in [4.78, 5) is 0. The van der Waals surface area contributed by atoms with Crippen LogP contribution in [0.2, 0.25) is 0 Å². The zero-order chi connectivity index (χ0) is 11.8. The molecular weight excluding hydrogens is 202 g/mol. The fourth-order valence-electron chi connectivity index (χ4n) is 2.29. The van der Waals surface area contributed by atoms with Gasteiger partial charge in [0.2, 0.25) is 0 Å². The molecule has 16 heavy (non-hydrogen) atoms. The molecule has 3 unspecified atom stereocenters. The summed E-state index contributed by atoms with van der Waals surface area (Å²) in [5, 5.41) is 3.42. The molecule has 0 heterocycles. The molecule has 3 atom stereocenters. The minimum Gasteiger partial charge on any atom is -0.377 e. The van der Waals surface area contributed by atoms with Crippen LogP contribution in [0.5, 0.6) is 0 Å². The maximum Gasteiger partial charge on any atom is 0.0986 e. The highest BCUT2D eigenvalue weighted by Gasteiger charge is 2.41. The Hall–Kier alpha value is -0.120. The number of nitrogens with one attached hydrogen (secondary N) is 1. The Bertz CT molecular complexity index is 175. The van der Waals surface area contributed by atoms with E-state index in [2.05, 4.69) is 19.2 Å². The molecule has 3 heteroatoms. The quantitative estimate of drug-likeness (QED) is 0.616. The van der Waals surface area contributed by atoms with E-state index in [4.69, 9.17) is 9.47 Å². The fraction of sp³-hybridized carbons (Fsp3) is 1.00. The largest absolute Gasteiger partial charge is 0.377 e. The molecule has 1 fully saturated rings. The molecular formula is C13H27NO2. The number of hydrogen-bond donors (Lipinski definition) is 1. The first-order chi connectivity index (χ1) is 7.83. The molecule has 0 bridgehead atoms. The third-order valence-corrected chi connectivity index (χ3v) is 3.32. The van der Waals surface area contributed by atoms with Crippen LogP contribution in [0, 0.1) is 0 Å². The molecule has 3 nitrogen and oxygen atoms in total. The predicted octanol–water partition coefficient (Wildman–Crippen LogP) is 2.35. The molecule has 0 spiro atoms. The first kappa shape index (κ1) is 13.9. The van der Waals surface area contributed by atoms with E-state index in [1.807, 2.05) is 0 Å². The van der Waals surface area contributed by atoms with E-state index >= 15 is 0 Å². The Kier molecular flexibility index (Phi) is 7.01. The van der Waals surface area contributed by atoms with Gasteiger partial charge in [0.1, 0.15) is 0 Å². The fourth-order valence-corrected chi connectivity index (χ4v) is 2.29. The average molecular weight is 229 g/mol. The number of unbranched alkanes of at least 4 members (excludes halogenated alkanes) is 3. The van der Waals surface area contributed by atoms with Crippen molar-refractivity contribution in [3.05, 3.63) is 0 Å². The molecule has 1 N–H and O–H groups in total. The topological polar surface area (TPSA) is 30.5 Å². The van der Waals surface area contributed by atoms with Crippen molar-refractivity contribution in [1.82, 2.24) is 5.32 Å². The number of likely N-dealkylation sites (N-methyl/N-ethyl adjacent to an activating group) is 1. The number of rotatable bonds is 9. The lowest BCUT2D eigenvalue weighted by Crippen LogP contribution is -2.59. The van der Waals surface area contributed by atoms with Crippen LogP contribution in [0.15, 0.2) is 0 Å². The lowest BCUT2D eigenvalue weighted by Gasteiger charge is -2.43. The molecule has 0 aromatic heterocycles. The van der Waals surface area contributed by atoms with Gasteiger partial charge in [-0.1, -0.05) is 33.1 Å². The molecule has 0 aliphatic heterocycles. The highest BCUT2D eigenvalue weighted by molar-refractivity contribution is 4.96. The van der Waals surface area contributed by atoms with Gasteiger partial charge >= 0.3 is 0 Å². The van der Waals surface area contributed by atoms with Gasteiger partial charge in [-0.15, -0.1) is 0 Å². The lowest BCUT2D eigenvalue weighted by molar-refractivity contribution is -0.134. The van der Waals surface area contributed by atoms with E-state index < -0.39 is 0 Å². The monoisotopic (exact) mass is 229 g/mol. The number of methoxy groups -OCH3 is 1. The van der Waals surface area contributed by atoms with Crippen molar-refractivity contribution in [3.8, 4) is 0 Å². The van der Waals surface area contributed by atoms with E-state index in [1.54, 1.807) is 7.11 Å². The van der Waals surface area contributed by atoms with Crippen molar-refractivity contribution >= 4 is 0 Å². The van der Waals surface area contributed by atoms with Crippen molar-refractivity contribution in [2.45, 2.75) is 64.2 Å². The van der Waals surface area contributed by atoms with Crippen LogP contribution in [0.3, 0.4) is 0 Å². The van der Waals surface area contributed by atoms with Gasteiger partial charge in [-0.3, -0.25) is 0 Å². The van der Waals surface area contributed by atoms with Gasteiger partial charge in [0.05, 0.1) is 12.2 Å². The van der Waals surface area contributed by atoms with Crippen LogP contribution in [-0.2, 0) is 9.47 Å². The average Bonchev–Trinajstić information content (AvgIpc) is 2.26. The molecule has 1 saturated carbocycles. The molecule has 0 aromatic rings. The van der Waals surface area contributed by atoms with Crippen LogP contribution in [-0.4, -0.2) is 38.5 Å². The predicted molar refractivity (Wildman–Crippen MR) is 66.8 cm³/mol. The molecule has 1 rings (SSSR count). The molecule has 0 saturated heterocycles. The zero-order valence-electron chi connectivity index (χ0n) is 11.0. The second-order valence-corrected chi connectivity index (χ2v) is 4.57. The second-order valence-electron chi connectivity index (χ2n) is 4.57. The van der Waals surface area contributed by atoms with E-state index in [9.17, 15) is 0 Å². The van der Waals surface area contributed by atoms with Gasteiger partial charge in [0, 0.05) is 19.8 Å². The first-order valence-electron chi connectivity index (χ1n) is 6.71. The Morgan fingerprint density at radius 1 is 1.19 bits per heavy atom. The lowest BCUT2D eigenvalue weighted by atomic mass is 9.85. The minimum atomic E-state index is 0.256. The maximum absolute atomic E-state index is 5.84. The molecule has 96 valence electrons. The molecule has 0 radical (unpaired) electrons. The maximum atomic E-state index is 5.84. The highest BCUT2D eigenvalue weighted by Crippen LogP contribution is 2.27. The smallest absolute Gasteiger partial charge is 0.0986 e. The van der Waals surface area contributed by atoms with Gasteiger partial charge in [-0.25, -0.2) is 0 Å². The zero-order valence-corrected chi connectivity index (χ0v) is 11.0. The summed E-state index contributed by atoms with van der Waals surface area (Å²) in [7, 11) is 1.78. The van der Waals surface area contributed by atoms with Crippen molar-refractivity contribution in [2.24, 2.45) is 0 Å². The van der Waals surface area contributed by atoms with Crippen molar-refractivity contribution in [2.75, 3.05) is 20.3 Å². The summed E-state index contributed by atoms with van der Waals surface area (Å²) < 4.78 is 11.3. The standard InChI is InChI=1S/C13H27NO2/c1-4-6-7-8-9-16-12-10-11(14-5-2)13(12)15-3/h11-14H,4-10H2,1-3H3. The Morgan fingerprint density at radius 2 is 2.00 bits per heavy atom. The van der Waals surface area contributed by atoms with Crippen LogP contribution in [0.4, 0.5) is 0 Å². The highest BCUT2D eigenvalue weighted by atomic mass is 16.5. The van der Waals surface area contributed by atoms with E-state index in [-0.39, 0.29) is 6.10 Å². The van der Waals surface area contributed by atoms with Crippen molar-refractivity contribution in [1.29, 1.82) is 0 Å². The summed E-state index contributed by atoms with van der Waals surface area (Å²) in [6.07, 6.45) is 6.75. The molecule has 1 aliphatic carbocycles. The number of hydrogen-bond acceptors (Lipinski definition) is 3. The van der Waals surface area contributed by atoms with Crippen LogP contribution < -0.4 is 5.32 Å². The summed E-state index contributed by atoms with van der Waals surface area (Å²) in [6.45, 7) is 6.26. The van der Waals surface area contributed by atoms with E-state index in [0.29, 0.717) is 12.1 Å². The summed E-state index contributed by atoms with van der Waals surface area (Å²) >= 11 is 0. The van der Waals surface area contributed by atoms with Crippen LogP contribution in [0.25, 0.3) is 0 Å². The van der Waals surface area contributed by atoms with Gasteiger partial charge in [0.25, 0.3) is 0 Å². The van der Waals surface area contributed by atoms with Gasteiger partial charge < -0.3 is 14.8 Å². The third-order valence-electron chi connectivity index (χ3n) is 3.32. The third kappa shape index (κ3) is 4.04. The van der Waals surface area contributed by atoms with Crippen LogP contribution in [0.1, 0.15) is 46.0 Å². The van der Waals surface area contributed by atoms with Crippen molar-refractivity contribution in [3.63, 3.8) is 0 Å². The van der Waals surface area contributed by atoms with E-state index in [1.165, 1.54) is 25.7 Å². The Balaban J connectivity index is 2.05. The van der Waals surface area contributed by atoms with Gasteiger partial charge in [0.15, 0.2) is 0 Å². The minimum absolute atomic E-state index is 0.256. The second kappa shape index (κ2) is 8.04. The summed E-state index contributed by atoms with van der Waals surface area (Å²) in [6, 6.07) is 0.496. The molecule has 1 aliphatic rings. The van der Waals surface area contributed by atoms with Crippen molar-refractivity contribution < 1.29 is 9.47 Å². The normalized spacial score (nSPS) is 29.1. The summed E-state index contributed by atoms with van der Waals surface area (Å²) in [5.74, 6) is 0. The molecule has 0 amide bonds. The van der Waals surface area contributed by atoms with E-state index in [0.717, 1.165) is 19.6 Å². The molecule has 0 aromatic carbocycles. The van der Waals surface area contributed by atoms with Gasteiger partial charge in [-0.2, -0.15) is 0 Å². The summed E-state index contributed by atoms with van der Waals surface area (Å²) in [5.41, 5.74) is 0. The first-order valence-corrected chi connectivity index (χ1v) is 6.71.